The Bertz CT molecular complexity index is 1740. The highest BCUT2D eigenvalue weighted by Gasteiger charge is 2.41. The SMILES string of the molecule is O=C1CCC(N2Cc3cc(C4(O)CCN(Cc5ccc(N6CCC(Oc7nccc(C(F)(F)F)n7)CC6)cc5)CC4)ccc3C2=O)C(=O)N1. The molecular formula is C35H37F3N6O5. The lowest BCUT2D eigenvalue weighted by atomic mass is 9.83. The smallest absolute Gasteiger partial charge is 0.433 e. The third-order valence-corrected chi connectivity index (χ3v) is 10.1. The van der Waals surface area contributed by atoms with E-state index in [0.717, 1.165) is 41.2 Å². The summed E-state index contributed by atoms with van der Waals surface area (Å²) in [7, 11) is 0. The maximum absolute atomic E-state index is 13.1. The van der Waals surface area contributed by atoms with Crippen LogP contribution in [-0.2, 0) is 34.5 Å². The summed E-state index contributed by atoms with van der Waals surface area (Å²) in [6, 6.07) is 13.7. The molecule has 0 saturated carbocycles. The number of hydrogen-bond acceptors (Lipinski definition) is 9. The molecule has 0 spiro atoms. The number of piperidine rings is 3. The Labute approximate surface area is 281 Å². The van der Waals surface area contributed by atoms with E-state index in [4.69, 9.17) is 4.74 Å². The van der Waals surface area contributed by atoms with Crippen molar-refractivity contribution in [3.05, 3.63) is 82.7 Å². The molecule has 1 atom stereocenters. The second-order valence-electron chi connectivity index (χ2n) is 13.3. The molecule has 11 nitrogen and oxygen atoms in total. The minimum absolute atomic E-state index is 0.199. The fourth-order valence-electron chi connectivity index (χ4n) is 7.24. The van der Waals surface area contributed by atoms with Crippen LogP contribution in [0.4, 0.5) is 18.9 Å². The predicted octanol–water partition coefficient (Wildman–Crippen LogP) is 3.79. The van der Waals surface area contributed by atoms with E-state index in [1.165, 1.54) is 4.90 Å². The van der Waals surface area contributed by atoms with Crippen molar-refractivity contribution < 1.29 is 37.4 Å². The van der Waals surface area contributed by atoms with Crippen molar-refractivity contribution in [2.75, 3.05) is 31.1 Å². The lowest BCUT2D eigenvalue weighted by Crippen LogP contribution is -2.52. The molecule has 258 valence electrons. The molecule has 7 rings (SSSR count). The average Bonchev–Trinajstić information content (AvgIpc) is 3.41. The topological polar surface area (TPSA) is 128 Å². The van der Waals surface area contributed by atoms with Crippen LogP contribution in [0.5, 0.6) is 6.01 Å². The van der Waals surface area contributed by atoms with Gasteiger partial charge in [-0.3, -0.25) is 24.6 Å². The highest BCUT2D eigenvalue weighted by atomic mass is 19.4. The Morgan fingerprint density at radius 3 is 2.39 bits per heavy atom. The number of carbonyl (C=O) groups is 3. The van der Waals surface area contributed by atoms with Gasteiger partial charge in [0.1, 0.15) is 12.1 Å². The van der Waals surface area contributed by atoms with Gasteiger partial charge < -0.3 is 19.6 Å². The van der Waals surface area contributed by atoms with E-state index in [9.17, 15) is 32.7 Å². The number of ether oxygens (including phenoxy) is 1. The minimum Gasteiger partial charge on any atom is -0.460 e. The number of fused-ring (bicyclic) bond motifs is 1. The van der Waals surface area contributed by atoms with Crippen molar-refractivity contribution in [1.82, 2.24) is 25.1 Å². The second kappa shape index (κ2) is 13.0. The Kier molecular flexibility index (Phi) is 8.78. The number of alkyl halides is 3. The van der Waals surface area contributed by atoms with Gasteiger partial charge >= 0.3 is 12.2 Å². The summed E-state index contributed by atoms with van der Waals surface area (Å²) >= 11 is 0. The highest BCUT2D eigenvalue weighted by Crippen LogP contribution is 2.37. The highest BCUT2D eigenvalue weighted by molar-refractivity contribution is 6.05. The zero-order valence-electron chi connectivity index (χ0n) is 26.8. The molecule has 3 saturated heterocycles. The summed E-state index contributed by atoms with van der Waals surface area (Å²) in [5, 5.41) is 14.0. The lowest BCUT2D eigenvalue weighted by molar-refractivity contribution is -0.141. The Morgan fingerprint density at radius 1 is 0.959 bits per heavy atom. The van der Waals surface area contributed by atoms with E-state index in [0.29, 0.717) is 63.8 Å². The van der Waals surface area contributed by atoms with Gasteiger partial charge in [-0.25, -0.2) is 4.98 Å². The van der Waals surface area contributed by atoms with Crippen molar-refractivity contribution >= 4 is 23.4 Å². The summed E-state index contributed by atoms with van der Waals surface area (Å²) in [6.45, 7) is 3.79. The number of benzene rings is 2. The van der Waals surface area contributed by atoms with Crippen molar-refractivity contribution in [3.63, 3.8) is 0 Å². The van der Waals surface area contributed by atoms with Crippen LogP contribution in [0.2, 0.25) is 0 Å². The number of rotatable bonds is 7. The molecule has 3 fully saturated rings. The van der Waals surface area contributed by atoms with Gasteiger partial charge in [0.25, 0.3) is 5.91 Å². The number of likely N-dealkylation sites (tertiary alicyclic amines) is 1. The van der Waals surface area contributed by atoms with Gasteiger partial charge in [-0.2, -0.15) is 18.2 Å². The first kappa shape index (κ1) is 33.0. The molecule has 2 aromatic carbocycles. The van der Waals surface area contributed by atoms with E-state index < -0.39 is 29.4 Å². The van der Waals surface area contributed by atoms with Crippen LogP contribution in [0.15, 0.2) is 54.7 Å². The Hall–Kier alpha value is -4.56. The molecule has 3 amide bonds. The van der Waals surface area contributed by atoms with Crippen LogP contribution in [0.3, 0.4) is 0 Å². The summed E-state index contributed by atoms with van der Waals surface area (Å²) in [5.74, 6) is -0.998. The number of halogens is 3. The van der Waals surface area contributed by atoms with E-state index in [1.54, 1.807) is 6.07 Å². The largest absolute Gasteiger partial charge is 0.460 e. The van der Waals surface area contributed by atoms with Crippen LogP contribution < -0.4 is 15.0 Å². The summed E-state index contributed by atoms with van der Waals surface area (Å²) < 4.78 is 44.6. The molecule has 1 unspecified atom stereocenters. The first-order valence-electron chi connectivity index (χ1n) is 16.6. The fraction of sp³-hybridized carbons (Fsp3) is 0.457. The number of imide groups is 1. The van der Waals surface area contributed by atoms with E-state index >= 15 is 0 Å². The van der Waals surface area contributed by atoms with Crippen LogP contribution in [0.1, 0.15) is 71.3 Å². The average molecular weight is 679 g/mol. The Morgan fingerprint density at radius 2 is 1.69 bits per heavy atom. The zero-order valence-corrected chi connectivity index (χ0v) is 26.8. The number of anilines is 1. The second-order valence-corrected chi connectivity index (χ2v) is 13.3. The first-order valence-corrected chi connectivity index (χ1v) is 16.6. The fourth-order valence-corrected chi connectivity index (χ4v) is 7.24. The number of amides is 3. The molecule has 0 radical (unpaired) electrons. The number of aromatic nitrogens is 2. The number of carbonyl (C=O) groups excluding carboxylic acids is 3. The van der Waals surface area contributed by atoms with Gasteiger partial charge in [-0.05, 0) is 60.2 Å². The van der Waals surface area contributed by atoms with Gasteiger partial charge in [-0.1, -0.05) is 24.3 Å². The molecule has 14 heteroatoms. The van der Waals surface area contributed by atoms with Crippen LogP contribution in [0.25, 0.3) is 0 Å². The molecule has 4 aliphatic heterocycles. The first-order chi connectivity index (χ1) is 23.4. The van der Waals surface area contributed by atoms with Crippen molar-refractivity contribution in [3.8, 4) is 6.01 Å². The molecule has 5 heterocycles. The maximum Gasteiger partial charge on any atom is 0.433 e. The lowest BCUT2D eigenvalue weighted by Gasteiger charge is -2.39. The maximum atomic E-state index is 13.1. The van der Waals surface area contributed by atoms with Crippen molar-refractivity contribution in [1.29, 1.82) is 0 Å². The van der Waals surface area contributed by atoms with Crippen LogP contribution >= 0.6 is 0 Å². The number of nitrogens with one attached hydrogen (secondary N) is 1. The molecule has 4 aliphatic rings. The zero-order chi connectivity index (χ0) is 34.3. The summed E-state index contributed by atoms with van der Waals surface area (Å²) in [4.78, 5) is 50.5. The Balaban J connectivity index is 0.893. The third-order valence-electron chi connectivity index (χ3n) is 10.1. The third kappa shape index (κ3) is 6.97. The molecule has 49 heavy (non-hydrogen) atoms. The minimum atomic E-state index is -4.55. The molecule has 0 bridgehead atoms. The van der Waals surface area contributed by atoms with Crippen molar-refractivity contribution in [2.45, 2.75) is 75.5 Å². The van der Waals surface area contributed by atoms with E-state index in [2.05, 4.69) is 49.4 Å². The molecular weight excluding hydrogens is 641 g/mol. The monoisotopic (exact) mass is 678 g/mol. The van der Waals surface area contributed by atoms with Gasteiger partial charge in [0, 0.05) is 76.0 Å². The van der Waals surface area contributed by atoms with Gasteiger partial charge in [0.15, 0.2) is 5.69 Å². The van der Waals surface area contributed by atoms with Crippen LogP contribution in [0, 0.1) is 0 Å². The van der Waals surface area contributed by atoms with Gasteiger partial charge in [-0.15, -0.1) is 0 Å². The molecule has 1 aromatic heterocycles. The number of aliphatic hydroxyl groups is 1. The van der Waals surface area contributed by atoms with Gasteiger partial charge in [0.05, 0.1) is 5.60 Å². The summed E-state index contributed by atoms with van der Waals surface area (Å²) in [6.07, 6.45) is -0.896. The van der Waals surface area contributed by atoms with E-state index in [-0.39, 0.29) is 36.9 Å². The van der Waals surface area contributed by atoms with Crippen LogP contribution in [-0.4, -0.2) is 80.9 Å². The van der Waals surface area contributed by atoms with Gasteiger partial charge in [0.2, 0.25) is 11.8 Å². The predicted molar refractivity (Wildman–Crippen MR) is 170 cm³/mol. The quantitative estimate of drug-likeness (QED) is 0.359. The standard InChI is InChI=1S/C35H37F3N6O5/c36-35(37,38)29-9-14-39-33(40-29)49-26-10-15-43(16-11-26)25-4-1-22(2-5-25)20-42-17-12-34(48,13-18-42)24-3-6-27-23(19-24)21-44(32(27)47)28-7-8-30(45)41-31(28)46/h1-6,9,14,19,26,28,48H,7-8,10-13,15-18,20-21H2,(H,41,45,46). The number of nitrogens with zero attached hydrogens (tertiary/aromatic N) is 5. The summed E-state index contributed by atoms with van der Waals surface area (Å²) in [5.41, 5.74) is 2.25. The number of hydrogen-bond donors (Lipinski definition) is 2. The molecule has 3 aromatic rings. The molecule has 0 aliphatic carbocycles. The normalized spacial score (nSPS) is 21.9. The van der Waals surface area contributed by atoms with E-state index in [1.807, 2.05) is 12.1 Å². The molecule has 2 N–H and O–H groups in total. The van der Waals surface area contributed by atoms with Crippen molar-refractivity contribution in [2.24, 2.45) is 0 Å².